The van der Waals surface area contributed by atoms with E-state index in [4.69, 9.17) is 9.47 Å². The molecule has 5 nitrogen and oxygen atoms in total. The molecular formula is C14H16BrNO4. The summed E-state index contributed by atoms with van der Waals surface area (Å²) >= 11 is 3.37. The molecule has 20 heavy (non-hydrogen) atoms. The van der Waals surface area contributed by atoms with Gasteiger partial charge in [-0.3, -0.25) is 9.59 Å². The smallest absolute Gasteiger partial charge is 0.310 e. The predicted molar refractivity (Wildman–Crippen MR) is 76.7 cm³/mol. The SMILES string of the molecule is COC(=O)C1CCN(C(=O)c2cc(OC)ccc2Br)C1. The standard InChI is InChI=1S/C14H16BrNO4/c1-19-10-3-4-12(15)11(7-10)13(17)16-6-5-9(8-16)14(18)20-2/h3-4,7,9H,5-6,8H2,1-2H3. The van der Waals surface area contributed by atoms with Crippen molar-refractivity contribution in [3.05, 3.63) is 28.2 Å². The molecule has 0 saturated carbocycles. The number of carbonyl (C=O) groups excluding carboxylic acids is 2. The van der Waals surface area contributed by atoms with E-state index >= 15 is 0 Å². The lowest BCUT2D eigenvalue weighted by molar-refractivity contribution is -0.144. The number of likely N-dealkylation sites (tertiary alicyclic amines) is 1. The molecule has 1 fully saturated rings. The number of benzene rings is 1. The largest absolute Gasteiger partial charge is 0.497 e. The molecule has 1 aliphatic rings. The van der Waals surface area contributed by atoms with Crippen molar-refractivity contribution in [1.29, 1.82) is 0 Å². The molecule has 0 aromatic heterocycles. The van der Waals surface area contributed by atoms with Crippen LogP contribution in [-0.2, 0) is 9.53 Å². The van der Waals surface area contributed by atoms with Crippen molar-refractivity contribution in [1.82, 2.24) is 4.90 Å². The number of amides is 1. The molecule has 1 heterocycles. The van der Waals surface area contributed by atoms with Gasteiger partial charge in [-0.15, -0.1) is 0 Å². The number of carbonyl (C=O) groups is 2. The fourth-order valence-electron chi connectivity index (χ4n) is 2.27. The molecule has 1 amide bonds. The third kappa shape index (κ3) is 2.95. The minimum atomic E-state index is -0.259. The summed E-state index contributed by atoms with van der Waals surface area (Å²) in [6.45, 7) is 0.956. The van der Waals surface area contributed by atoms with E-state index < -0.39 is 0 Å². The summed E-state index contributed by atoms with van der Waals surface area (Å²) in [5.74, 6) is 0.0285. The van der Waals surface area contributed by atoms with Crippen LogP contribution in [0.4, 0.5) is 0 Å². The van der Waals surface area contributed by atoms with Crippen LogP contribution in [0.3, 0.4) is 0 Å². The molecule has 0 spiro atoms. The van der Waals surface area contributed by atoms with Gasteiger partial charge in [0.15, 0.2) is 0 Å². The normalized spacial score (nSPS) is 17.9. The van der Waals surface area contributed by atoms with Crippen LogP contribution < -0.4 is 4.74 Å². The summed E-state index contributed by atoms with van der Waals surface area (Å²) < 4.78 is 10.6. The minimum absolute atomic E-state index is 0.109. The van der Waals surface area contributed by atoms with E-state index in [1.807, 2.05) is 0 Å². The topological polar surface area (TPSA) is 55.8 Å². The zero-order valence-corrected chi connectivity index (χ0v) is 13.0. The van der Waals surface area contributed by atoms with Gasteiger partial charge in [0.2, 0.25) is 0 Å². The van der Waals surface area contributed by atoms with Gasteiger partial charge in [-0.05, 0) is 40.5 Å². The number of halogens is 1. The summed E-state index contributed by atoms with van der Waals surface area (Å²) in [6.07, 6.45) is 0.639. The Kier molecular flexibility index (Phi) is 4.65. The lowest BCUT2D eigenvalue weighted by atomic mass is 10.1. The maximum Gasteiger partial charge on any atom is 0.310 e. The van der Waals surface area contributed by atoms with Gasteiger partial charge in [-0.2, -0.15) is 0 Å². The van der Waals surface area contributed by atoms with Crippen molar-refractivity contribution in [3.8, 4) is 5.75 Å². The minimum Gasteiger partial charge on any atom is -0.497 e. The summed E-state index contributed by atoms with van der Waals surface area (Å²) in [5, 5.41) is 0. The molecule has 1 aromatic carbocycles. The Morgan fingerprint density at radius 3 is 2.75 bits per heavy atom. The molecule has 1 aromatic rings. The van der Waals surface area contributed by atoms with Gasteiger partial charge in [0, 0.05) is 17.6 Å². The van der Waals surface area contributed by atoms with Gasteiger partial charge in [-0.1, -0.05) is 0 Å². The number of hydrogen-bond acceptors (Lipinski definition) is 4. The van der Waals surface area contributed by atoms with Gasteiger partial charge >= 0.3 is 5.97 Å². The van der Waals surface area contributed by atoms with Crippen molar-refractivity contribution < 1.29 is 19.1 Å². The van der Waals surface area contributed by atoms with E-state index in [0.29, 0.717) is 35.3 Å². The van der Waals surface area contributed by atoms with Crippen molar-refractivity contribution in [2.24, 2.45) is 5.92 Å². The quantitative estimate of drug-likeness (QED) is 0.790. The molecule has 108 valence electrons. The average Bonchev–Trinajstić information content (AvgIpc) is 2.96. The van der Waals surface area contributed by atoms with Crippen LogP contribution in [0.2, 0.25) is 0 Å². The summed E-state index contributed by atoms with van der Waals surface area (Å²) in [7, 11) is 2.92. The fourth-order valence-corrected chi connectivity index (χ4v) is 2.69. The monoisotopic (exact) mass is 341 g/mol. The molecule has 6 heteroatoms. The van der Waals surface area contributed by atoms with Gasteiger partial charge in [0.25, 0.3) is 5.91 Å². The van der Waals surface area contributed by atoms with Crippen LogP contribution in [0.25, 0.3) is 0 Å². The first-order chi connectivity index (χ1) is 9.56. The number of methoxy groups -OCH3 is 2. The second-order valence-corrected chi connectivity index (χ2v) is 5.46. The first kappa shape index (κ1) is 14.8. The molecule has 0 aliphatic carbocycles. The molecule has 1 aliphatic heterocycles. The van der Waals surface area contributed by atoms with Crippen LogP contribution in [0.1, 0.15) is 16.8 Å². The Morgan fingerprint density at radius 1 is 1.35 bits per heavy atom. The molecule has 2 rings (SSSR count). The van der Waals surface area contributed by atoms with E-state index in [9.17, 15) is 9.59 Å². The highest BCUT2D eigenvalue weighted by molar-refractivity contribution is 9.10. The van der Waals surface area contributed by atoms with Crippen molar-refractivity contribution in [3.63, 3.8) is 0 Å². The van der Waals surface area contributed by atoms with Gasteiger partial charge in [0.1, 0.15) is 5.75 Å². The Morgan fingerprint density at radius 2 is 2.10 bits per heavy atom. The van der Waals surface area contributed by atoms with Crippen molar-refractivity contribution in [2.75, 3.05) is 27.3 Å². The summed E-state index contributed by atoms with van der Waals surface area (Å²) in [4.78, 5) is 25.6. The Balaban J connectivity index is 2.15. The van der Waals surface area contributed by atoms with Crippen LogP contribution >= 0.6 is 15.9 Å². The molecule has 0 radical (unpaired) electrons. The Hall–Kier alpha value is -1.56. The zero-order valence-electron chi connectivity index (χ0n) is 11.4. The molecule has 1 saturated heterocycles. The summed E-state index contributed by atoms with van der Waals surface area (Å²) in [6, 6.07) is 5.25. The number of esters is 1. The zero-order chi connectivity index (χ0) is 14.7. The molecule has 0 N–H and O–H groups in total. The average molecular weight is 342 g/mol. The third-order valence-electron chi connectivity index (χ3n) is 3.41. The first-order valence-corrected chi connectivity index (χ1v) is 7.06. The van der Waals surface area contributed by atoms with E-state index in [-0.39, 0.29) is 17.8 Å². The van der Waals surface area contributed by atoms with Gasteiger partial charge < -0.3 is 14.4 Å². The Labute approximate surface area is 126 Å². The Bertz CT molecular complexity index is 532. The van der Waals surface area contributed by atoms with Crippen LogP contribution in [0.5, 0.6) is 5.75 Å². The van der Waals surface area contributed by atoms with E-state index in [2.05, 4.69) is 15.9 Å². The predicted octanol–water partition coefficient (Wildman–Crippen LogP) is 2.09. The lowest BCUT2D eigenvalue weighted by Crippen LogP contribution is -2.30. The van der Waals surface area contributed by atoms with E-state index in [1.165, 1.54) is 7.11 Å². The summed E-state index contributed by atoms with van der Waals surface area (Å²) in [5.41, 5.74) is 0.537. The molecule has 1 atom stereocenters. The highest BCUT2D eigenvalue weighted by Crippen LogP contribution is 2.26. The highest BCUT2D eigenvalue weighted by atomic mass is 79.9. The number of nitrogens with zero attached hydrogens (tertiary/aromatic N) is 1. The van der Waals surface area contributed by atoms with Crippen LogP contribution in [0, 0.1) is 5.92 Å². The molecular weight excluding hydrogens is 326 g/mol. The first-order valence-electron chi connectivity index (χ1n) is 6.27. The van der Waals surface area contributed by atoms with Gasteiger partial charge in [0.05, 0.1) is 25.7 Å². The van der Waals surface area contributed by atoms with Crippen molar-refractivity contribution in [2.45, 2.75) is 6.42 Å². The van der Waals surface area contributed by atoms with Gasteiger partial charge in [-0.25, -0.2) is 0 Å². The van der Waals surface area contributed by atoms with E-state index in [1.54, 1.807) is 30.2 Å². The maximum atomic E-state index is 12.5. The van der Waals surface area contributed by atoms with Crippen molar-refractivity contribution >= 4 is 27.8 Å². The molecule has 0 bridgehead atoms. The second-order valence-electron chi connectivity index (χ2n) is 4.61. The lowest BCUT2D eigenvalue weighted by Gasteiger charge is -2.17. The second kappa shape index (κ2) is 6.26. The highest BCUT2D eigenvalue weighted by Gasteiger charge is 2.32. The third-order valence-corrected chi connectivity index (χ3v) is 4.11. The maximum absolute atomic E-state index is 12.5. The van der Waals surface area contributed by atoms with Crippen LogP contribution in [-0.4, -0.2) is 44.1 Å². The fraction of sp³-hybridized carbons (Fsp3) is 0.429. The van der Waals surface area contributed by atoms with E-state index in [0.717, 1.165) is 0 Å². The molecule has 1 unspecified atom stereocenters. The number of hydrogen-bond donors (Lipinski definition) is 0. The number of rotatable bonds is 3. The number of ether oxygens (including phenoxy) is 2. The van der Waals surface area contributed by atoms with Crippen LogP contribution in [0.15, 0.2) is 22.7 Å².